The smallest absolute Gasteiger partial charge is 0.119 e. The van der Waals surface area contributed by atoms with E-state index in [1.165, 1.54) is 0 Å². The summed E-state index contributed by atoms with van der Waals surface area (Å²) in [5.41, 5.74) is 3.00. The zero-order valence-corrected chi connectivity index (χ0v) is 14.5. The number of aromatic nitrogens is 2. The minimum Gasteiger partial charge on any atom is -0.497 e. The Balaban J connectivity index is 1.64. The van der Waals surface area contributed by atoms with Crippen molar-refractivity contribution in [3.63, 3.8) is 0 Å². The van der Waals surface area contributed by atoms with Crippen molar-refractivity contribution >= 4 is 0 Å². The second-order valence-electron chi connectivity index (χ2n) is 5.97. The highest BCUT2D eigenvalue weighted by atomic mass is 16.5. The Morgan fingerprint density at radius 3 is 2.68 bits per heavy atom. The largest absolute Gasteiger partial charge is 0.497 e. The van der Waals surface area contributed by atoms with E-state index in [9.17, 15) is 5.11 Å². The molecule has 1 aromatic heterocycles. The van der Waals surface area contributed by atoms with Crippen LogP contribution in [0.2, 0.25) is 0 Å². The number of methoxy groups -OCH3 is 1. The van der Waals surface area contributed by atoms with E-state index in [1.54, 1.807) is 13.3 Å². The molecule has 130 valence electrons. The number of nitrogens with zero attached hydrogens (tertiary/aromatic N) is 2. The lowest BCUT2D eigenvalue weighted by atomic mass is 10.1. The molecule has 0 aliphatic rings. The molecule has 2 aromatic carbocycles. The van der Waals surface area contributed by atoms with Crippen molar-refractivity contribution in [2.75, 3.05) is 13.7 Å². The molecule has 1 heterocycles. The molecule has 5 nitrogen and oxygen atoms in total. The number of nitrogens with one attached hydrogen (secondary N) is 1. The SMILES string of the molecule is COc1cccc(C(O)CNC(C)c2cccc(-n3cccn3)c2)c1. The Morgan fingerprint density at radius 2 is 1.92 bits per heavy atom. The first-order valence-electron chi connectivity index (χ1n) is 8.33. The van der Waals surface area contributed by atoms with Gasteiger partial charge in [0.25, 0.3) is 0 Å². The maximum atomic E-state index is 10.4. The number of rotatable bonds is 7. The lowest BCUT2D eigenvalue weighted by molar-refractivity contribution is 0.170. The van der Waals surface area contributed by atoms with E-state index in [1.807, 2.05) is 53.3 Å². The van der Waals surface area contributed by atoms with Crippen molar-refractivity contribution in [2.45, 2.75) is 19.1 Å². The fraction of sp³-hybridized carbons (Fsp3) is 0.250. The van der Waals surface area contributed by atoms with Crippen LogP contribution in [0.25, 0.3) is 5.69 Å². The number of hydrogen-bond donors (Lipinski definition) is 2. The van der Waals surface area contributed by atoms with Gasteiger partial charge in [0.1, 0.15) is 5.75 Å². The summed E-state index contributed by atoms with van der Waals surface area (Å²) in [6, 6.07) is 17.7. The maximum Gasteiger partial charge on any atom is 0.119 e. The molecule has 0 radical (unpaired) electrons. The monoisotopic (exact) mass is 337 g/mol. The molecule has 2 N–H and O–H groups in total. The van der Waals surface area contributed by atoms with E-state index >= 15 is 0 Å². The highest BCUT2D eigenvalue weighted by Gasteiger charge is 2.12. The number of benzene rings is 2. The second kappa shape index (κ2) is 7.96. The first kappa shape index (κ1) is 17.2. The van der Waals surface area contributed by atoms with Crippen LogP contribution in [0, 0.1) is 0 Å². The van der Waals surface area contributed by atoms with Crippen LogP contribution in [-0.4, -0.2) is 28.5 Å². The summed E-state index contributed by atoms with van der Waals surface area (Å²) in [5, 5.41) is 18.1. The minimum absolute atomic E-state index is 0.107. The van der Waals surface area contributed by atoms with Crippen LogP contribution in [0.4, 0.5) is 0 Å². The Labute approximate surface area is 147 Å². The average molecular weight is 337 g/mol. The molecule has 2 atom stereocenters. The molecule has 0 aliphatic heterocycles. The molecule has 5 heteroatoms. The maximum absolute atomic E-state index is 10.4. The van der Waals surface area contributed by atoms with Gasteiger partial charge in [-0.2, -0.15) is 5.10 Å². The highest BCUT2D eigenvalue weighted by molar-refractivity contribution is 5.36. The fourth-order valence-electron chi connectivity index (χ4n) is 2.73. The van der Waals surface area contributed by atoms with Gasteiger partial charge in [0.15, 0.2) is 0 Å². The van der Waals surface area contributed by atoms with Gasteiger partial charge in [0.2, 0.25) is 0 Å². The lowest BCUT2D eigenvalue weighted by Crippen LogP contribution is -2.24. The van der Waals surface area contributed by atoms with Crippen LogP contribution in [0.1, 0.15) is 30.2 Å². The molecule has 0 saturated heterocycles. The Morgan fingerprint density at radius 1 is 1.12 bits per heavy atom. The van der Waals surface area contributed by atoms with Crippen molar-refractivity contribution in [3.8, 4) is 11.4 Å². The summed E-state index contributed by atoms with van der Waals surface area (Å²) in [7, 11) is 1.62. The van der Waals surface area contributed by atoms with Crippen LogP contribution in [0.3, 0.4) is 0 Å². The quantitative estimate of drug-likeness (QED) is 0.695. The molecule has 0 aliphatic carbocycles. The molecule has 25 heavy (non-hydrogen) atoms. The fourth-order valence-corrected chi connectivity index (χ4v) is 2.73. The number of ether oxygens (including phenoxy) is 1. The zero-order valence-electron chi connectivity index (χ0n) is 14.5. The molecule has 0 bridgehead atoms. The molecule has 0 amide bonds. The van der Waals surface area contributed by atoms with Gasteiger partial charge in [0, 0.05) is 25.0 Å². The number of aliphatic hydroxyl groups excluding tert-OH is 1. The van der Waals surface area contributed by atoms with Crippen molar-refractivity contribution in [1.82, 2.24) is 15.1 Å². The predicted octanol–water partition coefficient (Wildman–Crippen LogP) is 3.27. The van der Waals surface area contributed by atoms with Crippen LogP contribution < -0.4 is 10.1 Å². The standard InChI is InChI=1S/C20H23N3O2/c1-15(16-6-3-8-18(12-16)23-11-5-10-22-23)21-14-20(24)17-7-4-9-19(13-17)25-2/h3-13,15,20-21,24H,14H2,1-2H3. The molecular weight excluding hydrogens is 314 g/mol. The van der Waals surface area contributed by atoms with E-state index in [2.05, 4.69) is 29.5 Å². The van der Waals surface area contributed by atoms with Crippen LogP contribution >= 0.6 is 0 Å². The molecule has 0 spiro atoms. The van der Waals surface area contributed by atoms with E-state index < -0.39 is 6.10 Å². The third-order valence-corrected chi connectivity index (χ3v) is 4.24. The van der Waals surface area contributed by atoms with Gasteiger partial charge >= 0.3 is 0 Å². The van der Waals surface area contributed by atoms with E-state index in [-0.39, 0.29) is 6.04 Å². The van der Waals surface area contributed by atoms with E-state index in [0.717, 1.165) is 22.6 Å². The molecule has 3 rings (SSSR count). The highest BCUT2D eigenvalue weighted by Crippen LogP contribution is 2.21. The summed E-state index contributed by atoms with van der Waals surface area (Å²) >= 11 is 0. The number of hydrogen-bond acceptors (Lipinski definition) is 4. The summed E-state index contributed by atoms with van der Waals surface area (Å²) < 4.78 is 7.04. The summed E-state index contributed by atoms with van der Waals surface area (Å²) in [5.74, 6) is 0.747. The van der Waals surface area contributed by atoms with Crippen molar-refractivity contribution in [2.24, 2.45) is 0 Å². The average Bonchev–Trinajstić information content (AvgIpc) is 3.21. The summed E-state index contributed by atoms with van der Waals surface area (Å²) in [6.45, 7) is 2.54. The third-order valence-electron chi connectivity index (χ3n) is 4.24. The second-order valence-corrected chi connectivity index (χ2v) is 5.97. The van der Waals surface area contributed by atoms with Gasteiger partial charge in [-0.05, 0) is 48.4 Å². The van der Waals surface area contributed by atoms with Gasteiger partial charge in [-0.15, -0.1) is 0 Å². The summed E-state index contributed by atoms with van der Waals surface area (Å²) in [6.07, 6.45) is 3.09. The summed E-state index contributed by atoms with van der Waals surface area (Å²) in [4.78, 5) is 0. The van der Waals surface area contributed by atoms with Crippen molar-refractivity contribution in [1.29, 1.82) is 0 Å². The molecule has 0 fully saturated rings. The lowest BCUT2D eigenvalue weighted by Gasteiger charge is -2.19. The van der Waals surface area contributed by atoms with Crippen LogP contribution in [0.5, 0.6) is 5.75 Å². The topological polar surface area (TPSA) is 59.3 Å². The van der Waals surface area contributed by atoms with Gasteiger partial charge < -0.3 is 15.2 Å². The number of aliphatic hydroxyl groups is 1. The van der Waals surface area contributed by atoms with Crippen LogP contribution in [-0.2, 0) is 0 Å². The molecular formula is C20H23N3O2. The minimum atomic E-state index is -0.591. The van der Waals surface area contributed by atoms with E-state index in [4.69, 9.17) is 4.74 Å². The van der Waals surface area contributed by atoms with E-state index in [0.29, 0.717) is 6.54 Å². The molecule has 0 saturated carbocycles. The zero-order chi connectivity index (χ0) is 17.6. The van der Waals surface area contributed by atoms with Gasteiger partial charge in [0.05, 0.1) is 18.9 Å². The predicted molar refractivity (Wildman–Crippen MR) is 97.9 cm³/mol. The Hall–Kier alpha value is -2.63. The van der Waals surface area contributed by atoms with Gasteiger partial charge in [-0.25, -0.2) is 4.68 Å². The Bertz CT molecular complexity index is 802. The third kappa shape index (κ3) is 4.26. The van der Waals surface area contributed by atoms with Gasteiger partial charge in [-0.3, -0.25) is 0 Å². The normalized spacial score (nSPS) is 13.4. The van der Waals surface area contributed by atoms with Crippen molar-refractivity contribution < 1.29 is 9.84 Å². The first-order chi connectivity index (χ1) is 12.2. The Kier molecular flexibility index (Phi) is 5.48. The molecule has 3 aromatic rings. The van der Waals surface area contributed by atoms with Crippen LogP contribution in [0.15, 0.2) is 67.0 Å². The molecule has 2 unspecified atom stereocenters. The first-order valence-corrected chi connectivity index (χ1v) is 8.33. The van der Waals surface area contributed by atoms with Crippen molar-refractivity contribution in [3.05, 3.63) is 78.1 Å². The van der Waals surface area contributed by atoms with Gasteiger partial charge in [-0.1, -0.05) is 24.3 Å².